The molecule has 4 aliphatic carbocycles. The topological polar surface area (TPSA) is 87.0 Å². The Morgan fingerprint density at radius 1 is 1.03 bits per heavy atom. The van der Waals surface area contributed by atoms with Crippen LogP contribution in [0.2, 0.25) is 0 Å². The smallest absolute Gasteiger partial charge is 0.303 e. The number of esters is 1. The zero-order chi connectivity index (χ0) is 26.0. The molecule has 5 heteroatoms. The van der Waals surface area contributed by atoms with E-state index in [1.165, 1.54) is 26.2 Å². The van der Waals surface area contributed by atoms with Gasteiger partial charge in [0.25, 0.3) is 0 Å². The van der Waals surface area contributed by atoms with Gasteiger partial charge in [0, 0.05) is 18.8 Å². The quantitative estimate of drug-likeness (QED) is 0.427. The van der Waals surface area contributed by atoms with Crippen LogP contribution in [0.4, 0.5) is 0 Å². The van der Waals surface area contributed by atoms with Crippen molar-refractivity contribution in [2.45, 2.75) is 136 Å². The molecule has 35 heavy (non-hydrogen) atoms. The number of aliphatic hydroxyl groups is 3. The summed E-state index contributed by atoms with van der Waals surface area (Å²) in [5.41, 5.74) is -1.62. The zero-order valence-corrected chi connectivity index (χ0v) is 23.3. The summed E-state index contributed by atoms with van der Waals surface area (Å²) >= 11 is 0. The van der Waals surface area contributed by atoms with Crippen molar-refractivity contribution in [1.82, 2.24) is 0 Å². The molecule has 4 rings (SSSR count). The summed E-state index contributed by atoms with van der Waals surface area (Å²) in [5.74, 6) is 2.89. The normalized spacial score (nSPS) is 47.3. The van der Waals surface area contributed by atoms with Gasteiger partial charge in [0.1, 0.15) is 5.60 Å². The molecule has 3 N–H and O–H groups in total. The predicted molar refractivity (Wildman–Crippen MR) is 137 cm³/mol. The van der Waals surface area contributed by atoms with Gasteiger partial charge in [0.15, 0.2) is 0 Å². The van der Waals surface area contributed by atoms with Crippen LogP contribution >= 0.6 is 0 Å². The molecule has 5 nitrogen and oxygen atoms in total. The summed E-state index contributed by atoms with van der Waals surface area (Å²) < 4.78 is 5.60. The zero-order valence-electron chi connectivity index (χ0n) is 23.3. The van der Waals surface area contributed by atoms with E-state index >= 15 is 0 Å². The van der Waals surface area contributed by atoms with E-state index in [0.717, 1.165) is 32.1 Å². The lowest BCUT2D eigenvalue weighted by atomic mass is 9.42. The van der Waals surface area contributed by atoms with Gasteiger partial charge in [-0.1, -0.05) is 34.1 Å². The first-order valence-electron chi connectivity index (χ1n) is 14.4. The monoisotopic (exact) mass is 492 g/mol. The highest BCUT2D eigenvalue weighted by Crippen LogP contribution is 2.69. The Labute approximate surface area is 213 Å². The summed E-state index contributed by atoms with van der Waals surface area (Å²) in [7, 11) is 0. The molecule has 0 amide bonds. The van der Waals surface area contributed by atoms with E-state index in [-0.39, 0.29) is 16.8 Å². The van der Waals surface area contributed by atoms with Gasteiger partial charge in [-0.25, -0.2) is 0 Å². The largest absolute Gasteiger partial charge is 0.460 e. The molecule has 0 bridgehead atoms. The maximum Gasteiger partial charge on any atom is 0.303 e. The Hall–Kier alpha value is -0.650. The lowest BCUT2D eigenvalue weighted by molar-refractivity contribution is -0.264. The molecule has 0 radical (unpaired) electrons. The number of hydrogen-bond acceptors (Lipinski definition) is 5. The van der Waals surface area contributed by atoms with Gasteiger partial charge in [0.05, 0.1) is 17.8 Å². The molecule has 202 valence electrons. The highest BCUT2D eigenvalue weighted by Gasteiger charge is 2.67. The highest BCUT2D eigenvalue weighted by atomic mass is 16.6. The average molecular weight is 493 g/mol. The second-order valence-electron chi connectivity index (χ2n) is 14.2. The summed E-state index contributed by atoms with van der Waals surface area (Å²) in [6.07, 6.45) is 8.29. The summed E-state index contributed by atoms with van der Waals surface area (Å²) in [5, 5.41) is 33.2. The molecule has 0 spiro atoms. The minimum atomic E-state index is -1.16. The highest BCUT2D eigenvalue weighted by molar-refractivity contribution is 5.66. The molecule has 4 fully saturated rings. The molecular weight excluding hydrogens is 440 g/mol. The molecule has 0 aromatic carbocycles. The van der Waals surface area contributed by atoms with Crippen molar-refractivity contribution >= 4 is 5.97 Å². The second-order valence-corrected chi connectivity index (χ2v) is 14.2. The Morgan fingerprint density at radius 3 is 2.37 bits per heavy atom. The van der Waals surface area contributed by atoms with Crippen LogP contribution in [0.1, 0.15) is 113 Å². The van der Waals surface area contributed by atoms with E-state index < -0.39 is 23.4 Å². The molecular formula is C30H52O5. The van der Waals surface area contributed by atoms with Crippen LogP contribution < -0.4 is 0 Å². The number of carbonyl (C=O) groups is 1. The van der Waals surface area contributed by atoms with Crippen LogP contribution in [0.3, 0.4) is 0 Å². The molecule has 11 atom stereocenters. The van der Waals surface area contributed by atoms with Crippen LogP contribution in [0.15, 0.2) is 0 Å². The fourth-order valence-electron chi connectivity index (χ4n) is 9.77. The molecule has 0 heterocycles. The molecule has 4 saturated carbocycles. The Balaban J connectivity index is 1.46. The molecule has 4 aliphatic rings. The first-order chi connectivity index (χ1) is 16.2. The predicted octanol–water partition coefficient (Wildman–Crippen LogP) is 5.49. The van der Waals surface area contributed by atoms with E-state index in [2.05, 4.69) is 27.7 Å². The van der Waals surface area contributed by atoms with Crippen molar-refractivity contribution in [3.63, 3.8) is 0 Å². The van der Waals surface area contributed by atoms with E-state index in [4.69, 9.17) is 4.74 Å². The average Bonchev–Trinajstić information content (AvgIpc) is 3.10. The second kappa shape index (κ2) is 9.27. The summed E-state index contributed by atoms with van der Waals surface area (Å²) in [4.78, 5) is 11.5. The van der Waals surface area contributed by atoms with Gasteiger partial charge in [-0.2, -0.15) is 0 Å². The van der Waals surface area contributed by atoms with E-state index in [1.54, 1.807) is 0 Å². The van der Waals surface area contributed by atoms with Gasteiger partial charge >= 0.3 is 5.97 Å². The van der Waals surface area contributed by atoms with Gasteiger partial charge < -0.3 is 20.1 Å². The van der Waals surface area contributed by atoms with E-state index in [9.17, 15) is 20.1 Å². The first kappa shape index (κ1) is 27.4. The Kier molecular flexibility index (Phi) is 7.26. The third-order valence-electron chi connectivity index (χ3n) is 12.2. The first-order valence-corrected chi connectivity index (χ1v) is 14.4. The third kappa shape index (κ3) is 4.40. The maximum absolute atomic E-state index is 11.7. The maximum atomic E-state index is 11.7. The van der Waals surface area contributed by atoms with Crippen molar-refractivity contribution in [2.24, 2.45) is 46.3 Å². The van der Waals surface area contributed by atoms with Crippen molar-refractivity contribution in [1.29, 1.82) is 0 Å². The van der Waals surface area contributed by atoms with Crippen molar-refractivity contribution in [3.8, 4) is 0 Å². The Morgan fingerprint density at radius 2 is 1.71 bits per heavy atom. The number of hydrogen-bond donors (Lipinski definition) is 3. The fourth-order valence-corrected chi connectivity index (χ4v) is 9.77. The molecule has 0 unspecified atom stereocenters. The lowest BCUT2D eigenvalue weighted by Crippen LogP contribution is -2.68. The molecule has 0 aromatic rings. The van der Waals surface area contributed by atoms with Crippen molar-refractivity contribution in [2.75, 3.05) is 0 Å². The minimum Gasteiger partial charge on any atom is -0.460 e. The van der Waals surface area contributed by atoms with E-state index in [1.807, 2.05) is 13.8 Å². The number of ether oxygens (including phenoxy) is 1. The third-order valence-corrected chi connectivity index (χ3v) is 12.2. The summed E-state index contributed by atoms with van der Waals surface area (Å²) in [6, 6.07) is 0. The van der Waals surface area contributed by atoms with Gasteiger partial charge in [-0.05, 0) is 106 Å². The lowest BCUT2D eigenvalue weighted by Gasteiger charge is -2.65. The molecule has 0 saturated heterocycles. The minimum absolute atomic E-state index is 0.208. The Bertz CT molecular complexity index is 796. The SMILES string of the molecule is CC(=O)OC(C)(C)[C@@H](C)CC[C@@H](C)[C@@H]1CC[C@@H]2[C@@H]3C[C@@H](O)[C@@]4(O)C[C@@H](O)CC[C@]4(C)[C@H]3CC[C@@]21C. The van der Waals surface area contributed by atoms with Gasteiger partial charge in [0.2, 0.25) is 0 Å². The number of aliphatic hydroxyl groups excluding tert-OH is 2. The van der Waals surface area contributed by atoms with Crippen LogP contribution in [-0.2, 0) is 9.53 Å². The van der Waals surface area contributed by atoms with Crippen LogP contribution in [-0.4, -0.2) is 44.7 Å². The van der Waals surface area contributed by atoms with Crippen molar-refractivity contribution in [3.05, 3.63) is 0 Å². The molecule has 0 aromatic heterocycles. The van der Waals surface area contributed by atoms with E-state index in [0.29, 0.717) is 48.3 Å². The van der Waals surface area contributed by atoms with Crippen LogP contribution in [0.5, 0.6) is 0 Å². The van der Waals surface area contributed by atoms with Gasteiger partial charge in [-0.15, -0.1) is 0 Å². The molecule has 0 aliphatic heterocycles. The van der Waals surface area contributed by atoms with Crippen LogP contribution in [0.25, 0.3) is 0 Å². The van der Waals surface area contributed by atoms with Crippen LogP contribution in [0, 0.1) is 46.3 Å². The number of rotatable bonds is 6. The summed E-state index contributed by atoms with van der Waals surface area (Å²) in [6.45, 7) is 14.9. The number of carbonyl (C=O) groups excluding carboxylic acids is 1. The number of fused-ring (bicyclic) bond motifs is 5. The van der Waals surface area contributed by atoms with Crippen molar-refractivity contribution < 1.29 is 24.9 Å². The standard InChI is InChI=1S/C30H52O5/c1-18(8-9-19(2)27(4,5)35-20(3)31)23-10-11-24-22-16-26(33)30(34)17-21(32)12-15-29(30,7)25(22)13-14-28(23,24)6/h18-19,21-26,32-34H,8-17H2,1-7H3/t18-,19+,21+,22+,23+,24-,25+,26-,28-,29-,30+/m1/s1. The van der Waals surface area contributed by atoms with Gasteiger partial charge in [-0.3, -0.25) is 4.79 Å². The fraction of sp³-hybridized carbons (Fsp3) is 0.967.